The van der Waals surface area contributed by atoms with Crippen LogP contribution in [0.2, 0.25) is 5.02 Å². The second kappa shape index (κ2) is 10.4. The number of benzene rings is 1. The van der Waals surface area contributed by atoms with Gasteiger partial charge < -0.3 is 10.2 Å². The highest BCUT2D eigenvalue weighted by Crippen LogP contribution is 2.35. The average molecular weight is 543 g/mol. The van der Waals surface area contributed by atoms with E-state index in [1.54, 1.807) is 23.3 Å². The minimum absolute atomic E-state index is 0.202. The molecular weight excluding hydrogens is 521 g/mol. The molecule has 1 aliphatic heterocycles. The van der Waals surface area contributed by atoms with Crippen LogP contribution in [0.5, 0.6) is 0 Å². The number of hydrogen-bond donors (Lipinski definition) is 1. The van der Waals surface area contributed by atoms with E-state index in [0.29, 0.717) is 17.7 Å². The lowest BCUT2D eigenvalue weighted by Crippen LogP contribution is -2.46. The van der Waals surface area contributed by atoms with Crippen molar-refractivity contribution in [2.75, 3.05) is 16.8 Å². The van der Waals surface area contributed by atoms with E-state index in [4.69, 9.17) is 11.6 Å². The third-order valence-electron chi connectivity index (χ3n) is 6.46. The van der Waals surface area contributed by atoms with Crippen LogP contribution in [0, 0.1) is 5.82 Å². The van der Waals surface area contributed by atoms with Crippen LogP contribution in [-0.4, -0.2) is 48.2 Å². The Morgan fingerprint density at radius 3 is 2.58 bits per heavy atom. The number of amides is 1. The minimum Gasteiger partial charge on any atom is -0.338 e. The molecule has 3 aromatic heterocycles. The Kier molecular flexibility index (Phi) is 6.98. The second-order valence-electron chi connectivity index (χ2n) is 8.90. The van der Waals surface area contributed by atoms with E-state index in [9.17, 15) is 18.0 Å². The largest absolute Gasteiger partial charge is 0.338 e. The summed E-state index contributed by atoms with van der Waals surface area (Å²) in [5.41, 5.74) is -0.359. The third kappa shape index (κ3) is 4.91. The van der Waals surface area contributed by atoms with Crippen molar-refractivity contribution < 1.29 is 18.0 Å². The number of alkyl halides is 2. The number of carbonyl (C=O) groups is 1. The summed E-state index contributed by atoms with van der Waals surface area (Å²) >= 11 is 5.79. The standard InChI is InChI=1S/C25H22ClF3N8O/c1-13-5-6-36(13)25-31-7-15(8-32-25)14(2)37-12-16(9-33-37)34-24(38)20-11-30-10-19(35-20)21-17(23(28)29)3-4-18(26)22(21)27/h3-4,7-14,23H,5-6H2,1-2H3,(H,34,38)/t13-,14-/m1/s1. The fraction of sp³-hybridized carbons (Fsp3) is 0.280. The van der Waals surface area contributed by atoms with Gasteiger partial charge in [-0.25, -0.2) is 28.1 Å². The summed E-state index contributed by atoms with van der Waals surface area (Å²) in [7, 11) is 0. The summed E-state index contributed by atoms with van der Waals surface area (Å²) in [6, 6.07) is 2.26. The summed E-state index contributed by atoms with van der Waals surface area (Å²) in [6.45, 7) is 4.98. The molecule has 1 aromatic carbocycles. The Morgan fingerprint density at radius 1 is 1.16 bits per heavy atom. The fourth-order valence-corrected chi connectivity index (χ4v) is 4.23. The molecule has 1 fully saturated rings. The molecular formula is C25H22ClF3N8O. The van der Waals surface area contributed by atoms with E-state index < -0.39 is 29.3 Å². The Hall–Kier alpha value is -4.06. The van der Waals surface area contributed by atoms with Crippen LogP contribution in [0.4, 0.5) is 24.8 Å². The first-order valence-corrected chi connectivity index (χ1v) is 12.1. The normalized spacial score (nSPS) is 15.9. The van der Waals surface area contributed by atoms with E-state index in [1.165, 1.54) is 6.20 Å². The quantitative estimate of drug-likeness (QED) is 0.337. The van der Waals surface area contributed by atoms with Gasteiger partial charge in [0.1, 0.15) is 5.69 Å². The van der Waals surface area contributed by atoms with Gasteiger partial charge in [-0.15, -0.1) is 0 Å². The molecule has 1 N–H and O–H groups in total. The van der Waals surface area contributed by atoms with Crippen LogP contribution in [0.15, 0.2) is 49.3 Å². The molecule has 4 aromatic rings. The molecule has 13 heteroatoms. The zero-order valence-corrected chi connectivity index (χ0v) is 21.1. The van der Waals surface area contributed by atoms with Crippen molar-refractivity contribution in [3.63, 3.8) is 0 Å². The van der Waals surface area contributed by atoms with E-state index in [0.717, 1.165) is 43.1 Å². The summed E-state index contributed by atoms with van der Waals surface area (Å²) in [5, 5.41) is 6.60. The molecule has 4 heterocycles. The molecule has 0 bridgehead atoms. The fourth-order valence-electron chi connectivity index (χ4n) is 4.07. The van der Waals surface area contributed by atoms with Gasteiger partial charge in [0, 0.05) is 47.9 Å². The van der Waals surface area contributed by atoms with Crippen molar-refractivity contribution in [2.45, 2.75) is 38.8 Å². The molecule has 0 unspecified atom stereocenters. The lowest BCUT2D eigenvalue weighted by atomic mass is 10.0. The van der Waals surface area contributed by atoms with Gasteiger partial charge >= 0.3 is 0 Å². The first-order chi connectivity index (χ1) is 18.2. The second-order valence-corrected chi connectivity index (χ2v) is 9.31. The molecule has 38 heavy (non-hydrogen) atoms. The topological polar surface area (TPSA) is 102 Å². The van der Waals surface area contributed by atoms with Crippen molar-refractivity contribution in [3.05, 3.63) is 77.0 Å². The maximum absolute atomic E-state index is 14.7. The molecule has 0 aliphatic carbocycles. The van der Waals surface area contributed by atoms with E-state index >= 15 is 0 Å². The van der Waals surface area contributed by atoms with Gasteiger partial charge in [-0.05, 0) is 26.3 Å². The highest BCUT2D eigenvalue weighted by Gasteiger charge is 2.26. The Balaban J connectivity index is 1.32. The monoisotopic (exact) mass is 542 g/mol. The van der Waals surface area contributed by atoms with Crippen molar-refractivity contribution in [3.8, 4) is 11.3 Å². The number of nitrogens with zero attached hydrogens (tertiary/aromatic N) is 7. The third-order valence-corrected chi connectivity index (χ3v) is 6.75. The van der Waals surface area contributed by atoms with E-state index in [2.05, 4.69) is 42.2 Å². The van der Waals surface area contributed by atoms with Gasteiger partial charge in [0.25, 0.3) is 12.3 Å². The molecule has 196 valence electrons. The van der Waals surface area contributed by atoms with E-state index in [1.807, 2.05) is 6.92 Å². The number of nitrogens with one attached hydrogen (secondary N) is 1. The maximum atomic E-state index is 14.7. The number of carbonyl (C=O) groups excluding carboxylic acids is 1. The maximum Gasteiger partial charge on any atom is 0.275 e. The molecule has 1 amide bonds. The number of aromatic nitrogens is 6. The van der Waals surface area contributed by atoms with Gasteiger partial charge in [-0.2, -0.15) is 5.10 Å². The molecule has 0 spiro atoms. The predicted molar refractivity (Wildman–Crippen MR) is 135 cm³/mol. The molecule has 9 nitrogen and oxygen atoms in total. The Morgan fingerprint density at radius 2 is 1.92 bits per heavy atom. The van der Waals surface area contributed by atoms with Gasteiger partial charge in [-0.3, -0.25) is 14.5 Å². The zero-order valence-electron chi connectivity index (χ0n) is 20.3. The van der Waals surface area contributed by atoms with Crippen molar-refractivity contribution >= 4 is 29.1 Å². The summed E-state index contributed by atoms with van der Waals surface area (Å²) in [6.07, 6.45) is 6.95. The highest BCUT2D eigenvalue weighted by molar-refractivity contribution is 6.31. The van der Waals surface area contributed by atoms with Crippen LogP contribution < -0.4 is 10.2 Å². The smallest absolute Gasteiger partial charge is 0.275 e. The summed E-state index contributed by atoms with van der Waals surface area (Å²) in [4.78, 5) is 31.8. The van der Waals surface area contributed by atoms with Crippen molar-refractivity contribution in [1.29, 1.82) is 0 Å². The number of halogens is 4. The molecule has 5 rings (SSSR count). The Labute approximate surface area is 220 Å². The van der Waals surface area contributed by atoms with Crippen LogP contribution in [0.25, 0.3) is 11.3 Å². The zero-order chi connectivity index (χ0) is 27.0. The van der Waals surface area contributed by atoms with Gasteiger partial charge in [-0.1, -0.05) is 17.7 Å². The Bertz CT molecular complexity index is 1480. The van der Waals surface area contributed by atoms with Crippen LogP contribution >= 0.6 is 11.6 Å². The summed E-state index contributed by atoms with van der Waals surface area (Å²) in [5.74, 6) is -1.05. The van der Waals surface area contributed by atoms with Crippen LogP contribution in [-0.2, 0) is 0 Å². The van der Waals surface area contributed by atoms with E-state index in [-0.39, 0.29) is 22.5 Å². The first-order valence-electron chi connectivity index (χ1n) is 11.8. The van der Waals surface area contributed by atoms with Gasteiger partial charge in [0.2, 0.25) is 5.95 Å². The molecule has 0 saturated carbocycles. The lowest BCUT2D eigenvalue weighted by Gasteiger charge is -2.38. The highest BCUT2D eigenvalue weighted by atomic mass is 35.5. The van der Waals surface area contributed by atoms with Crippen molar-refractivity contribution in [2.24, 2.45) is 0 Å². The van der Waals surface area contributed by atoms with Gasteiger partial charge in [0.15, 0.2) is 5.82 Å². The lowest BCUT2D eigenvalue weighted by molar-refractivity contribution is 0.102. The average Bonchev–Trinajstić information content (AvgIpc) is 3.37. The molecule has 1 aliphatic rings. The van der Waals surface area contributed by atoms with Crippen LogP contribution in [0.1, 0.15) is 54.4 Å². The SMILES string of the molecule is C[C@@H]1CCN1c1ncc([C@@H](C)n2cc(NC(=O)c3cncc(-c4c(C(F)F)ccc(Cl)c4F)n3)cn2)cn1. The molecule has 1 saturated heterocycles. The summed E-state index contributed by atoms with van der Waals surface area (Å²) < 4.78 is 43.3. The molecule has 2 atom stereocenters. The predicted octanol–water partition coefficient (Wildman–Crippen LogP) is 5.32. The minimum atomic E-state index is -2.98. The van der Waals surface area contributed by atoms with Crippen molar-refractivity contribution in [1.82, 2.24) is 29.7 Å². The molecule has 0 radical (unpaired) electrons. The number of hydrogen-bond acceptors (Lipinski definition) is 7. The number of rotatable bonds is 7. The first kappa shape index (κ1) is 25.6. The van der Waals surface area contributed by atoms with Gasteiger partial charge in [0.05, 0.1) is 41.0 Å². The van der Waals surface area contributed by atoms with Crippen LogP contribution in [0.3, 0.4) is 0 Å². The number of anilines is 2.